The average molecular weight is 239 g/mol. The Morgan fingerprint density at radius 3 is 1.38 bits per heavy atom. The van der Waals surface area contributed by atoms with Crippen molar-refractivity contribution >= 4 is 11.9 Å². The summed E-state index contributed by atoms with van der Waals surface area (Å²) in [6.07, 6.45) is 0. The maximum atomic E-state index is 9.93. The molecule has 0 saturated carbocycles. The zero-order valence-corrected chi connectivity index (χ0v) is 8.14. The monoisotopic (exact) mass is 239 g/mol. The highest BCUT2D eigenvalue weighted by atomic mass is 16.5. The lowest BCUT2D eigenvalue weighted by Gasteiger charge is -1.89. The molecule has 0 aliphatic carbocycles. The Morgan fingerprint density at radius 2 is 1.38 bits per heavy atom. The molecule has 0 aromatic carbocycles. The molecule has 1 amide bonds. The molecule has 0 saturated heterocycles. The van der Waals surface area contributed by atoms with E-state index >= 15 is 0 Å². The van der Waals surface area contributed by atoms with E-state index < -0.39 is 0 Å². The van der Waals surface area contributed by atoms with E-state index in [-0.39, 0.29) is 41.6 Å². The number of hydrogen-bond donors (Lipinski definition) is 1. The first-order valence-corrected chi connectivity index (χ1v) is 3.92. The third-order valence-corrected chi connectivity index (χ3v) is 0.773. The molecule has 1 N–H and O–H groups in total. The van der Waals surface area contributed by atoms with E-state index in [9.17, 15) is 9.59 Å². The zero-order chi connectivity index (χ0) is 9.98. The molecule has 0 aromatic heterocycles. The molecule has 0 radical (unpaired) electrons. The summed E-state index contributed by atoms with van der Waals surface area (Å²) in [6, 6.07) is 0. The summed E-state index contributed by atoms with van der Waals surface area (Å²) in [5, 5.41) is 2.57. The molecule has 0 fully saturated rings. The van der Waals surface area contributed by atoms with Crippen molar-refractivity contribution in [2.24, 2.45) is 0 Å². The number of carbonyl (C=O) groups excluding carboxylic acids is 2. The van der Waals surface area contributed by atoms with Gasteiger partial charge in [0.2, 0.25) is 5.91 Å². The van der Waals surface area contributed by atoms with Crippen molar-refractivity contribution in [3.8, 4) is 0 Å². The Labute approximate surface area is 103 Å². The number of carbonyl (C=O) groups is 2. The van der Waals surface area contributed by atoms with E-state index in [2.05, 4.69) is 10.1 Å². The van der Waals surface area contributed by atoms with Gasteiger partial charge in [0.1, 0.15) is 0 Å². The fourth-order valence-electron chi connectivity index (χ4n) is 0.452. The minimum atomic E-state index is -0.211. The average Bonchev–Trinajstić information content (AvgIpc) is 1.87. The molecule has 0 atom stereocenters. The number of amides is 1. The van der Waals surface area contributed by atoms with Crippen molar-refractivity contribution in [3.05, 3.63) is 0 Å². The Balaban J connectivity index is -0.0000000250. The molecule has 4 nitrogen and oxygen atoms in total. The quantitative estimate of drug-likeness (QED) is 0.752. The molecular formula is C12H33NO3. The highest BCUT2D eigenvalue weighted by molar-refractivity contribution is 5.72. The number of hydrogen-bond acceptors (Lipinski definition) is 3. The Bertz CT molecular complexity index is 120. The lowest BCUT2D eigenvalue weighted by molar-refractivity contribution is -0.140. The summed E-state index contributed by atoms with van der Waals surface area (Å²) in [5.74, 6) is -0.171. The van der Waals surface area contributed by atoms with E-state index in [1.807, 2.05) is 6.92 Å². The second-order valence-electron chi connectivity index (χ2n) is 2.01. The van der Waals surface area contributed by atoms with Gasteiger partial charge in [-0.15, -0.1) is 0 Å². The van der Waals surface area contributed by atoms with Gasteiger partial charge in [-0.3, -0.25) is 9.59 Å². The topological polar surface area (TPSA) is 55.4 Å². The van der Waals surface area contributed by atoms with Crippen LogP contribution in [0.3, 0.4) is 0 Å². The molecule has 0 aromatic rings. The largest absolute Gasteiger partial charge is 0.466 e. The predicted octanol–water partition coefficient (Wildman–Crippen LogP) is 3.26. The highest BCUT2D eigenvalue weighted by Gasteiger charge is 1.81. The van der Waals surface area contributed by atoms with Gasteiger partial charge in [-0.05, 0) is 13.8 Å². The third-order valence-electron chi connectivity index (χ3n) is 0.773. The Kier molecular flexibility index (Phi) is 66.3. The van der Waals surface area contributed by atoms with Crippen LogP contribution in [-0.4, -0.2) is 25.0 Å². The van der Waals surface area contributed by atoms with Crippen LogP contribution in [0.15, 0.2) is 0 Å². The van der Waals surface area contributed by atoms with Gasteiger partial charge in [-0.25, -0.2) is 0 Å². The summed E-state index contributed by atoms with van der Waals surface area (Å²) in [5.41, 5.74) is 0. The van der Waals surface area contributed by atoms with Crippen molar-refractivity contribution in [1.29, 1.82) is 0 Å². The van der Waals surface area contributed by atoms with Crippen molar-refractivity contribution in [1.82, 2.24) is 5.32 Å². The first-order valence-electron chi connectivity index (χ1n) is 3.92. The number of esters is 1. The fraction of sp³-hybridized carbons (Fsp3) is 0.833. The van der Waals surface area contributed by atoms with E-state index in [0.29, 0.717) is 6.61 Å². The Hall–Kier alpha value is -1.06. The highest BCUT2D eigenvalue weighted by Crippen LogP contribution is 1.69. The van der Waals surface area contributed by atoms with Crippen molar-refractivity contribution < 1.29 is 14.3 Å². The van der Waals surface area contributed by atoms with E-state index in [0.717, 1.165) is 6.54 Å². The fourth-order valence-corrected chi connectivity index (χ4v) is 0.452. The van der Waals surface area contributed by atoms with E-state index in [1.54, 1.807) is 6.92 Å². The summed E-state index contributed by atoms with van der Waals surface area (Å²) in [6.45, 7) is 7.78. The first-order chi connectivity index (χ1) is 5.54. The van der Waals surface area contributed by atoms with E-state index in [1.165, 1.54) is 13.8 Å². The van der Waals surface area contributed by atoms with Crippen LogP contribution in [0.4, 0.5) is 0 Å². The standard InChI is InChI=1S/C4H9NO.C4H8O2.4CH4/c1-3-5-4(2)6;1-3-6-4(2)5;;;;/h3H2,1-2H3,(H,5,6);3H2,1-2H3;4*1H4. The van der Waals surface area contributed by atoms with Crippen molar-refractivity contribution in [2.45, 2.75) is 57.4 Å². The molecule has 0 aliphatic heterocycles. The third kappa shape index (κ3) is 75.6. The lowest BCUT2D eigenvalue weighted by Crippen LogP contribution is -2.18. The van der Waals surface area contributed by atoms with Gasteiger partial charge in [0.25, 0.3) is 0 Å². The first kappa shape index (κ1) is 36.3. The Morgan fingerprint density at radius 1 is 1.00 bits per heavy atom. The van der Waals surface area contributed by atoms with Crippen LogP contribution in [0, 0.1) is 0 Å². The van der Waals surface area contributed by atoms with Gasteiger partial charge >= 0.3 is 5.97 Å². The summed E-state index contributed by atoms with van der Waals surface area (Å²) in [4.78, 5) is 19.8. The van der Waals surface area contributed by atoms with Gasteiger partial charge in [0, 0.05) is 20.4 Å². The molecule has 0 heterocycles. The molecule has 16 heavy (non-hydrogen) atoms. The van der Waals surface area contributed by atoms with Crippen LogP contribution in [-0.2, 0) is 14.3 Å². The van der Waals surface area contributed by atoms with Gasteiger partial charge in [0.15, 0.2) is 0 Å². The van der Waals surface area contributed by atoms with Gasteiger partial charge in [-0.2, -0.15) is 0 Å². The van der Waals surface area contributed by atoms with Crippen LogP contribution in [0.1, 0.15) is 57.4 Å². The zero-order valence-electron chi connectivity index (χ0n) is 8.14. The summed E-state index contributed by atoms with van der Waals surface area (Å²) < 4.78 is 4.40. The molecule has 4 heteroatoms. The smallest absolute Gasteiger partial charge is 0.302 e. The SMILES string of the molecule is C.C.C.C.CCNC(C)=O.CCOC(C)=O. The molecule has 0 unspecified atom stereocenters. The number of rotatable bonds is 2. The summed E-state index contributed by atoms with van der Waals surface area (Å²) in [7, 11) is 0. The second kappa shape index (κ2) is 29.2. The minimum Gasteiger partial charge on any atom is -0.466 e. The van der Waals surface area contributed by atoms with Crippen molar-refractivity contribution in [3.63, 3.8) is 0 Å². The molecule has 0 aliphatic rings. The van der Waals surface area contributed by atoms with E-state index in [4.69, 9.17) is 0 Å². The van der Waals surface area contributed by atoms with Gasteiger partial charge in [0.05, 0.1) is 6.61 Å². The summed E-state index contributed by atoms with van der Waals surface area (Å²) >= 11 is 0. The molecular weight excluding hydrogens is 206 g/mol. The normalized spacial score (nSPS) is 5.75. The van der Waals surface area contributed by atoms with Gasteiger partial charge < -0.3 is 10.1 Å². The molecule has 0 spiro atoms. The van der Waals surface area contributed by atoms with Crippen LogP contribution < -0.4 is 5.32 Å². The molecule has 0 rings (SSSR count). The van der Waals surface area contributed by atoms with Gasteiger partial charge in [-0.1, -0.05) is 29.7 Å². The van der Waals surface area contributed by atoms with Crippen LogP contribution in [0.5, 0.6) is 0 Å². The molecule has 104 valence electrons. The van der Waals surface area contributed by atoms with Crippen LogP contribution in [0.2, 0.25) is 0 Å². The van der Waals surface area contributed by atoms with Crippen LogP contribution >= 0.6 is 0 Å². The lowest BCUT2D eigenvalue weighted by atomic mass is 10.6. The number of nitrogens with one attached hydrogen (secondary N) is 1. The predicted molar refractivity (Wildman–Crippen MR) is 73.6 cm³/mol. The second-order valence-corrected chi connectivity index (χ2v) is 2.01. The minimum absolute atomic E-state index is 0. The molecule has 0 bridgehead atoms. The maximum absolute atomic E-state index is 9.93. The van der Waals surface area contributed by atoms with Crippen molar-refractivity contribution in [2.75, 3.05) is 13.2 Å². The maximum Gasteiger partial charge on any atom is 0.302 e. The number of ether oxygens (including phenoxy) is 1. The van der Waals surface area contributed by atoms with Crippen LogP contribution in [0.25, 0.3) is 0 Å².